The lowest BCUT2D eigenvalue weighted by Gasteiger charge is -2.20. The van der Waals surface area contributed by atoms with Crippen molar-refractivity contribution >= 4 is 29.1 Å². The quantitative estimate of drug-likeness (QED) is 0.625. The molecule has 0 unspecified atom stereocenters. The number of imide groups is 1. The zero-order valence-electron chi connectivity index (χ0n) is 13.2. The maximum absolute atomic E-state index is 12.0. The van der Waals surface area contributed by atoms with Gasteiger partial charge in [0.15, 0.2) is 0 Å². The van der Waals surface area contributed by atoms with Crippen LogP contribution in [0.2, 0.25) is 0 Å². The third kappa shape index (κ3) is 3.52. The van der Waals surface area contributed by atoms with Crippen LogP contribution in [0.25, 0.3) is 0 Å². The molecule has 1 atom stereocenters. The first-order valence-corrected chi connectivity index (χ1v) is 8.04. The number of carbonyl (C=O) groups is 3. The zero-order chi connectivity index (χ0) is 16.5. The molecule has 22 heavy (non-hydrogen) atoms. The number of hydrogen-bond donors (Lipinski definition) is 0. The van der Waals surface area contributed by atoms with Gasteiger partial charge in [-0.15, -0.1) is 11.3 Å². The van der Waals surface area contributed by atoms with Crippen molar-refractivity contribution in [3.8, 4) is 0 Å². The van der Waals surface area contributed by atoms with E-state index >= 15 is 0 Å². The number of nitrogens with zero attached hydrogens (tertiary/aromatic N) is 2. The minimum Gasteiger partial charge on any atom is -0.458 e. The Labute approximate surface area is 133 Å². The van der Waals surface area contributed by atoms with Gasteiger partial charge in [-0.3, -0.25) is 14.5 Å². The molecule has 1 fully saturated rings. The topological polar surface area (TPSA) is 76.6 Å². The monoisotopic (exact) mass is 324 g/mol. The third-order valence-electron chi connectivity index (χ3n) is 3.37. The number of hydrogen-bond acceptors (Lipinski definition) is 6. The molecule has 0 bridgehead atoms. The first kappa shape index (κ1) is 16.6. The van der Waals surface area contributed by atoms with Gasteiger partial charge in [0, 0.05) is 23.6 Å². The minimum absolute atomic E-state index is 0.0470. The van der Waals surface area contributed by atoms with E-state index in [1.807, 2.05) is 5.38 Å². The highest BCUT2D eigenvalue weighted by Crippen LogP contribution is 2.26. The van der Waals surface area contributed by atoms with E-state index in [0.29, 0.717) is 5.69 Å². The van der Waals surface area contributed by atoms with E-state index < -0.39 is 12.0 Å². The number of aromatic nitrogens is 1. The summed E-state index contributed by atoms with van der Waals surface area (Å²) < 4.78 is 5.18. The third-order valence-corrected chi connectivity index (χ3v) is 4.69. The van der Waals surface area contributed by atoms with Crippen molar-refractivity contribution < 1.29 is 19.1 Å². The fourth-order valence-electron chi connectivity index (χ4n) is 2.11. The van der Waals surface area contributed by atoms with Crippen LogP contribution in [0.4, 0.5) is 0 Å². The van der Waals surface area contributed by atoms with Crippen molar-refractivity contribution in [2.24, 2.45) is 0 Å². The van der Waals surface area contributed by atoms with Crippen LogP contribution < -0.4 is 0 Å². The van der Waals surface area contributed by atoms with Gasteiger partial charge < -0.3 is 4.74 Å². The molecule has 120 valence electrons. The van der Waals surface area contributed by atoms with Gasteiger partial charge in [0.25, 0.3) is 0 Å². The number of carbonyl (C=O) groups excluding carboxylic acids is 3. The Bertz CT molecular complexity index is 587. The van der Waals surface area contributed by atoms with E-state index in [9.17, 15) is 14.4 Å². The number of thiazole rings is 1. The molecule has 2 heterocycles. The second kappa shape index (κ2) is 6.16. The molecule has 1 aromatic rings. The molecule has 7 heteroatoms. The normalized spacial score (nSPS) is 17.0. The summed E-state index contributed by atoms with van der Waals surface area (Å²) in [5.74, 6) is -1.23. The van der Waals surface area contributed by atoms with Gasteiger partial charge >= 0.3 is 5.97 Å². The highest BCUT2D eigenvalue weighted by molar-refractivity contribution is 7.09. The summed E-state index contributed by atoms with van der Waals surface area (Å²) in [6.07, 6.45) is 0.328. The first-order valence-electron chi connectivity index (χ1n) is 7.16. The molecule has 1 aliphatic rings. The Kier molecular flexibility index (Phi) is 4.65. The lowest BCUT2D eigenvalue weighted by atomic mass is 9.98. The lowest BCUT2D eigenvalue weighted by Crippen LogP contribution is -2.43. The van der Waals surface area contributed by atoms with Gasteiger partial charge in [-0.1, -0.05) is 20.8 Å². The summed E-state index contributed by atoms with van der Waals surface area (Å²) in [7, 11) is 0. The fourth-order valence-corrected chi connectivity index (χ4v) is 3.01. The molecule has 0 saturated carbocycles. The minimum atomic E-state index is -0.886. The number of likely N-dealkylation sites (tertiary alicyclic amines) is 1. The number of esters is 1. The van der Waals surface area contributed by atoms with E-state index in [0.717, 1.165) is 9.91 Å². The molecule has 6 nitrogen and oxygen atoms in total. The van der Waals surface area contributed by atoms with Crippen LogP contribution in [0.1, 0.15) is 51.2 Å². The van der Waals surface area contributed by atoms with Crippen LogP contribution in [-0.2, 0) is 31.1 Å². The summed E-state index contributed by atoms with van der Waals surface area (Å²) in [5.41, 5.74) is 0.628. The van der Waals surface area contributed by atoms with Crippen LogP contribution in [0.5, 0.6) is 0 Å². The van der Waals surface area contributed by atoms with Crippen molar-refractivity contribution in [2.45, 2.75) is 58.6 Å². The van der Waals surface area contributed by atoms with E-state index in [2.05, 4.69) is 25.8 Å². The van der Waals surface area contributed by atoms with Gasteiger partial charge in [-0.25, -0.2) is 9.78 Å². The smallest absolute Gasteiger partial charge is 0.329 e. The Balaban J connectivity index is 1.94. The summed E-state index contributed by atoms with van der Waals surface area (Å²) in [6, 6.07) is -0.886. The molecule has 0 aromatic carbocycles. The van der Waals surface area contributed by atoms with E-state index in [1.165, 1.54) is 18.3 Å². The Morgan fingerprint density at radius 2 is 1.95 bits per heavy atom. The van der Waals surface area contributed by atoms with Gasteiger partial charge in [0.05, 0.1) is 10.7 Å². The highest BCUT2D eigenvalue weighted by Gasteiger charge is 2.36. The lowest BCUT2D eigenvalue weighted by molar-refractivity contribution is -0.158. The highest BCUT2D eigenvalue weighted by atomic mass is 32.1. The van der Waals surface area contributed by atoms with Crippen LogP contribution in [0.15, 0.2) is 5.38 Å². The number of rotatable bonds is 4. The second-order valence-electron chi connectivity index (χ2n) is 6.34. The molecule has 0 aliphatic carbocycles. The number of amides is 2. The van der Waals surface area contributed by atoms with Crippen LogP contribution in [0, 0.1) is 0 Å². The van der Waals surface area contributed by atoms with Crippen LogP contribution >= 0.6 is 11.3 Å². The molecule has 0 N–H and O–H groups in total. The van der Waals surface area contributed by atoms with Crippen molar-refractivity contribution in [1.29, 1.82) is 0 Å². The molecular formula is C15H20N2O4S. The molecule has 1 aromatic heterocycles. The van der Waals surface area contributed by atoms with Gasteiger partial charge in [-0.05, 0) is 6.92 Å². The average Bonchev–Trinajstić information content (AvgIpc) is 3.02. The van der Waals surface area contributed by atoms with Gasteiger partial charge in [-0.2, -0.15) is 0 Å². The summed E-state index contributed by atoms with van der Waals surface area (Å²) in [5, 5.41) is 2.82. The molecule has 0 spiro atoms. The van der Waals surface area contributed by atoms with Gasteiger partial charge in [0.1, 0.15) is 12.6 Å². The Morgan fingerprint density at radius 1 is 1.36 bits per heavy atom. The molecule has 1 aliphatic heterocycles. The predicted molar refractivity (Wildman–Crippen MR) is 81.2 cm³/mol. The van der Waals surface area contributed by atoms with Crippen LogP contribution in [-0.4, -0.2) is 33.7 Å². The van der Waals surface area contributed by atoms with E-state index in [4.69, 9.17) is 4.74 Å². The standard InChI is InChI=1S/C15H20N2O4S/c1-9(17-11(18)5-6-12(17)19)13(20)21-7-10-8-22-14(16-10)15(2,3)4/h8-9H,5-7H2,1-4H3/t9-/m0/s1. The summed E-state index contributed by atoms with van der Waals surface area (Å²) >= 11 is 1.52. The van der Waals surface area contributed by atoms with Gasteiger partial charge in [0.2, 0.25) is 11.8 Å². The maximum atomic E-state index is 12.0. The molecule has 2 amide bonds. The average molecular weight is 324 g/mol. The SMILES string of the molecule is C[C@@H](C(=O)OCc1csc(C(C)(C)C)n1)N1C(=O)CCC1=O. The zero-order valence-corrected chi connectivity index (χ0v) is 14.0. The van der Waals surface area contributed by atoms with E-state index in [1.54, 1.807) is 0 Å². The first-order chi connectivity index (χ1) is 10.2. The maximum Gasteiger partial charge on any atom is 0.329 e. The van der Waals surface area contributed by atoms with Crippen molar-refractivity contribution in [1.82, 2.24) is 9.88 Å². The molecule has 2 rings (SSSR count). The largest absolute Gasteiger partial charge is 0.458 e. The molecule has 0 radical (unpaired) electrons. The Hall–Kier alpha value is -1.76. The molecular weight excluding hydrogens is 304 g/mol. The fraction of sp³-hybridized carbons (Fsp3) is 0.600. The molecule has 1 saturated heterocycles. The second-order valence-corrected chi connectivity index (χ2v) is 7.19. The Morgan fingerprint density at radius 3 is 2.45 bits per heavy atom. The van der Waals surface area contributed by atoms with Crippen molar-refractivity contribution in [2.75, 3.05) is 0 Å². The summed E-state index contributed by atoms with van der Waals surface area (Å²) in [4.78, 5) is 40.6. The number of ether oxygens (including phenoxy) is 1. The predicted octanol–water partition coefficient (Wildman–Crippen LogP) is 2.02. The van der Waals surface area contributed by atoms with Crippen LogP contribution in [0.3, 0.4) is 0 Å². The summed E-state index contributed by atoms with van der Waals surface area (Å²) in [6.45, 7) is 7.74. The van der Waals surface area contributed by atoms with E-state index in [-0.39, 0.29) is 36.7 Å². The van der Waals surface area contributed by atoms with Crippen molar-refractivity contribution in [3.05, 3.63) is 16.1 Å². The van der Waals surface area contributed by atoms with Crippen molar-refractivity contribution in [3.63, 3.8) is 0 Å².